The minimum atomic E-state index is -0.265. The summed E-state index contributed by atoms with van der Waals surface area (Å²) >= 11 is 0. The number of carbonyl (C=O) groups excluding carboxylic acids is 1. The summed E-state index contributed by atoms with van der Waals surface area (Å²) in [7, 11) is 0. The largest absolute Gasteiger partial charge is 0.372 e. The smallest absolute Gasteiger partial charge is 0.234 e. The maximum Gasteiger partial charge on any atom is 0.234 e. The Morgan fingerprint density at radius 2 is 2.05 bits per heavy atom. The molecule has 0 heterocycles. The molecule has 1 aromatic carbocycles. The third-order valence-corrected chi connectivity index (χ3v) is 3.51. The third kappa shape index (κ3) is 4.85. The normalized spacial score (nSPS) is 12.2. The van der Waals surface area contributed by atoms with Crippen LogP contribution in [0, 0.1) is 6.92 Å². The Hall–Kier alpha value is -1.55. The van der Waals surface area contributed by atoms with Crippen LogP contribution >= 0.6 is 0 Å². The second kappa shape index (κ2) is 8.59. The fourth-order valence-corrected chi connectivity index (χ4v) is 2.32. The van der Waals surface area contributed by atoms with Gasteiger partial charge in [-0.05, 0) is 44.9 Å². The lowest BCUT2D eigenvalue weighted by atomic mass is 10.1. The maximum absolute atomic E-state index is 11.5. The first kappa shape index (κ1) is 16.5. The van der Waals surface area contributed by atoms with E-state index >= 15 is 0 Å². The van der Waals surface area contributed by atoms with Crippen molar-refractivity contribution in [2.45, 2.75) is 39.7 Å². The van der Waals surface area contributed by atoms with E-state index in [4.69, 9.17) is 5.73 Å². The van der Waals surface area contributed by atoms with Crippen molar-refractivity contribution in [1.82, 2.24) is 5.32 Å². The molecule has 1 amide bonds. The molecule has 20 heavy (non-hydrogen) atoms. The van der Waals surface area contributed by atoms with Gasteiger partial charge in [0.2, 0.25) is 5.91 Å². The minimum Gasteiger partial charge on any atom is -0.372 e. The molecule has 0 aliphatic carbocycles. The molecule has 112 valence electrons. The minimum absolute atomic E-state index is 0.243. The monoisotopic (exact) mass is 277 g/mol. The van der Waals surface area contributed by atoms with Crippen molar-refractivity contribution in [3.05, 3.63) is 29.8 Å². The Morgan fingerprint density at radius 3 is 2.60 bits per heavy atom. The SMILES string of the molecule is CCCNC(CCN(CC)c1ccccc1C)C(N)=O. The fourth-order valence-electron chi connectivity index (χ4n) is 2.32. The van der Waals surface area contributed by atoms with Crippen LogP contribution in [0.4, 0.5) is 5.69 Å². The van der Waals surface area contributed by atoms with Gasteiger partial charge in [0.05, 0.1) is 6.04 Å². The van der Waals surface area contributed by atoms with Crippen LogP contribution in [0.15, 0.2) is 24.3 Å². The molecular formula is C16H27N3O. The van der Waals surface area contributed by atoms with E-state index in [2.05, 4.69) is 43.1 Å². The van der Waals surface area contributed by atoms with E-state index < -0.39 is 0 Å². The summed E-state index contributed by atoms with van der Waals surface area (Å²) in [5.41, 5.74) is 7.94. The quantitative estimate of drug-likeness (QED) is 0.726. The molecule has 1 atom stereocenters. The van der Waals surface area contributed by atoms with Crippen LogP contribution in [-0.4, -0.2) is 31.6 Å². The summed E-state index contributed by atoms with van der Waals surface area (Å²) in [4.78, 5) is 13.7. The van der Waals surface area contributed by atoms with E-state index in [1.165, 1.54) is 11.3 Å². The number of nitrogens with two attached hydrogens (primary N) is 1. The van der Waals surface area contributed by atoms with Crippen molar-refractivity contribution in [3.63, 3.8) is 0 Å². The van der Waals surface area contributed by atoms with Crippen molar-refractivity contribution < 1.29 is 4.79 Å². The lowest BCUT2D eigenvalue weighted by Gasteiger charge is -2.26. The number of aryl methyl sites for hydroxylation is 1. The number of nitrogens with one attached hydrogen (secondary N) is 1. The van der Waals surface area contributed by atoms with Crippen LogP contribution in [0.2, 0.25) is 0 Å². The highest BCUT2D eigenvalue weighted by molar-refractivity contribution is 5.79. The zero-order valence-corrected chi connectivity index (χ0v) is 12.9. The van der Waals surface area contributed by atoms with Gasteiger partial charge in [-0.2, -0.15) is 0 Å². The van der Waals surface area contributed by atoms with Crippen LogP contribution in [0.3, 0.4) is 0 Å². The topological polar surface area (TPSA) is 58.4 Å². The molecule has 3 N–H and O–H groups in total. The Bertz CT molecular complexity index is 420. The predicted molar refractivity (Wildman–Crippen MR) is 85.0 cm³/mol. The molecule has 0 saturated carbocycles. The second-order valence-corrected chi connectivity index (χ2v) is 5.06. The third-order valence-electron chi connectivity index (χ3n) is 3.51. The first-order valence-electron chi connectivity index (χ1n) is 7.43. The molecule has 0 saturated heterocycles. The summed E-state index contributed by atoms with van der Waals surface area (Å²) in [5.74, 6) is -0.265. The predicted octanol–water partition coefficient (Wildman–Crippen LogP) is 2.06. The van der Waals surface area contributed by atoms with Crippen molar-refractivity contribution in [1.29, 1.82) is 0 Å². The van der Waals surface area contributed by atoms with Gasteiger partial charge in [-0.25, -0.2) is 0 Å². The molecule has 1 unspecified atom stereocenters. The van der Waals surface area contributed by atoms with Crippen LogP contribution in [0.25, 0.3) is 0 Å². The van der Waals surface area contributed by atoms with Gasteiger partial charge in [-0.1, -0.05) is 25.1 Å². The molecule has 1 aromatic rings. The number of anilines is 1. The fraction of sp³-hybridized carbons (Fsp3) is 0.562. The van der Waals surface area contributed by atoms with E-state index in [9.17, 15) is 4.79 Å². The highest BCUT2D eigenvalue weighted by Gasteiger charge is 2.16. The summed E-state index contributed by atoms with van der Waals surface area (Å²) in [6.45, 7) is 8.89. The molecule has 0 fully saturated rings. The summed E-state index contributed by atoms with van der Waals surface area (Å²) in [5, 5.41) is 3.21. The molecule has 0 aliphatic heterocycles. The number of para-hydroxylation sites is 1. The van der Waals surface area contributed by atoms with Gasteiger partial charge in [-0.15, -0.1) is 0 Å². The van der Waals surface area contributed by atoms with Crippen LogP contribution < -0.4 is 16.0 Å². The van der Waals surface area contributed by atoms with E-state index in [1.807, 2.05) is 12.1 Å². The highest BCUT2D eigenvalue weighted by atomic mass is 16.1. The summed E-state index contributed by atoms with van der Waals surface area (Å²) in [6.07, 6.45) is 1.73. The molecule has 4 heteroatoms. The number of nitrogens with zero attached hydrogens (tertiary/aromatic N) is 1. The van der Waals surface area contributed by atoms with Gasteiger partial charge in [0, 0.05) is 18.8 Å². The number of amides is 1. The average molecular weight is 277 g/mol. The van der Waals surface area contributed by atoms with Crippen molar-refractivity contribution in [2.24, 2.45) is 5.73 Å². The molecule has 4 nitrogen and oxygen atoms in total. The first-order chi connectivity index (χ1) is 9.60. The zero-order valence-electron chi connectivity index (χ0n) is 12.9. The number of hydrogen-bond acceptors (Lipinski definition) is 3. The summed E-state index contributed by atoms with van der Waals surface area (Å²) in [6, 6.07) is 8.08. The van der Waals surface area contributed by atoms with Gasteiger partial charge >= 0.3 is 0 Å². The van der Waals surface area contributed by atoms with Crippen LogP contribution in [0.1, 0.15) is 32.3 Å². The van der Waals surface area contributed by atoms with Crippen molar-refractivity contribution >= 4 is 11.6 Å². The van der Waals surface area contributed by atoms with Gasteiger partial charge in [-0.3, -0.25) is 4.79 Å². The van der Waals surface area contributed by atoms with E-state index in [0.29, 0.717) is 0 Å². The van der Waals surface area contributed by atoms with Crippen molar-refractivity contribution in [2.75, 3.05) is 24.5 Å². The summed E-state index contributed by atoms with van der Waals surface area (Å²) < 4.78 is 0. The van der Waals surface area contributed by atoms with Gasteiger partial charge in [0.1, 0.15) is 0 Å². The maximum atomic E-state index is 11.5. The van der Waals surface area contributed by atoms with Gasteiger partial charge in [0.15, 0.2) is 0 Å². The number of rotatable bonds is 9. The average Bonchev–Trinajstić information content (AvgIpc) is 2.43. The van der Waals surface area contributed by atoms with E-state index in [1.54, 1.807) is 0 Å². The Labute approximate surface area is 122 Å². The zero-order chi connectivity index (χ0) is 15.0. The molecule has 0 aliphatic rings. The van der Waals surface area contributed by atoms with Crippen LogP contribution in [0.5, 0.6) is 0 Å². The molecule has 0 radical (unpaired) electrons. The lowest BCUT2D eigenvalue weighted by molar-refractivity contribution is -0.120. The number of primary amides is 1. The molecular weight excluding hydrogens is 250 g/mol. The van der Waals surface area contributed by atoms with Gasteiger partial charge < -0.3 is 16.0 Å². The Balaban J connectivity index is 2.64. The number of benzene rings is 1. The highest BCUT2D eigenvalue weighted by Crippen LogP contribution is 2.19. The van der Waals surface area contributed by atoms with Crippen LogP contribution in [-0.2, 0) is 4.79 Å². The first-order valence-corrected chi connectivity index (χ1v) is 7.43. The Morgan fingerprint density at radius 1 is 1.35 bits per heavy atom. The number of carbonyl (C=O) groups is 1. The number of hydrogen-bond donors (Lipinski definition) is 2. The molecule has 0 aromatic heterocycles. The Kier molecular flexibility index (Phi) is 7.09. The second-order valence-electron chi connectivity index (χ2n) is 5.06. The van der Waals surface area contributed by atoms with E-state index in [0.717, 1.165) is 32.5 Å². The van der Waals surface area contributed by atoms with Gasteiger partial charge in [0.25, 0.3) is 0 Å². The van der Waals surface area contributed by atoms with E-state index in [-0.39, 0.29) is 11.9 Å². The lowest BCUT2D eigenvalue weighted by Crippen LogP contribution is -2.44. The molecule has 0 spiro atoms. The molecule has 1 rings (SSSR count). The van der Waals surface area contributed by atoms with Crippen molar-refractivity contribution in [3.8, 4) is 0 Å². The molecule has 0 bridgehead atoms. The standard InChI is InChI=1S/C16H27N3O/c1-4-11-18-14(16(17)20)10-12-19(5-2)15-9-7-6-8-13(15)3/h6-9,14,18H,4-5,10-12H2,1-3H3,(H2,17,20).